The molecule has 1 aromatic carbocycles. The number of fused-ring (bicyclic) bond motifs is 1. The van der Waals surface area contributed by atoms with E-state index in [1.54, 1.807) is 0 Å². The fourth-order valence-corrected chi connectivity index (χ4v) is 3.71. The highest BCUT2D eigenvalue weighted by molar-refractivity contribution is 5.44. The summed E-state index contributed by atoms with van der Waals surface area (Å²) in [5.41, 5.74) is 1.31. The van der Waals surface area contributed by atoms with E-state index in [0.717, 1.165) is 56.2 Å². The molecule has 0 spiro atoms. The molecule has 128 valence electrons. The molecule has 6 nitrogen and oxygen atoms in total. The summed E-state index contributed by atoms with van der Waals surface area (Å²) in [7, 11) is 0. The standard InChI is InChI=1S/C18H23N3O3/c1-13(8-14-2-3-16-17(9-14)23-12-22-16)10-21-6-4-15(5-7-21)18-19-11-24-20-18/h2-3,9,11,13,15H,4-8,10,12H2,1H3/t13-/m0/s1. The maximum absolute atomic E-state index is 5.47. The second kappa shape index (κ2) is 6.81. The van der Waals surface area contributed by atoms with E-state index >= 15 is 0 Å². The number of likely N-dealkylation sites (tertiary alicyclic amines) is 1. The molecule has 0 amide bonds. The van der Waals surface area contributed by atoms with Crippen molar-refractivity contribution in [2.45, 2.75) is 32.1 Å². The van der Waals surface area contributed by atoms with Crippen LogP contribution in [0, 0.1) is 5.92 Å². The molecule has 2 aromatic rings. The van der Waals surface area contributed by atoms with Crippen LogP contribution in [0.4, 0.5) is 0 Å². The van der Waals surface area contributed by atoms with Crippen LogP contribution in [0.25, 0.3) is 0 Å². The Morgan fingerprint density at radius 3 is 2.83 bits per heavy atom. The lowest BCUT2D eigenvalue weighted by Gasteiger charge is -2.32. The second-order valence-electron chi connectivity index (χ2n) is 6.86. The SMILES string of the molecule is C[C@@H](Cc1ccc2c(c1)OCO2)CN1CCC(c2ncon2)CC1. The number of nitrogens with zero attached hydrogens (tertiary/aromatic N) is 3. The molecule has 0 unspecified atom stereocenters. The lowest BCUT2D eigenvalue weighted by atomic mass is 9.94. The van der Waals surface area contributed by atoms with Crippen molar-refractivity contribution in [3.63, 3.8) is 0 Å². The van der Waals surface area contributed by atoms with Crippen LogP contribution in [-0.4, -0.2) is 41.5 Å². The summed E-state index contributed by atoms with van der Waals surface area (Å²) in [4.78, 5) is 6.74. The Kier molecular flexibility index (Phi) is 4.38. The number of hydrogen-bond acceptors (Lipinski definition) is 6. The van der Waals surface area contributed by atoms with E-state index in [-0.39, 0.29) is 0 Å². The predicted octanol–water partition coefficient (Wildman–Crippen LogP) is 2.86. The summed E-state index contributed by atoms with van der Waals surface area (Å²) in [6.07, 6.45) is 4.70. The van der Waals surface area contributed by atoms with Crippen LogP contribution in [0.1, 0.15) is 37.1 Å². The number of aromatic nitrogens is 2. The van der Waals surface area contributed by atoms with Gasteiger partial charge in [-0.2, -0.15) is 4.98 Å². The summed E-state index contributed by atoms with van der Waals surface area (Å²) in [6.45, 7) is 5.97. The third-order valence-electron chi connectivity index (χ3n) is 4.92. The molecule has 1 fully saturated rings. The summed E-state index contributed by atoms with van der Waals surface area (Å²) >= 11 is 0. The van der Waals surface area contributed by atoms with Crippen molar-refractivity contribution in [1.82, 2.24) is 15.0 Å². The highest BCUT2D eigenvalue weighted by Gasteiger charge is 2.24. The van der Waals surface area contributed by atoms with Crippen molar-refractivity contribution in [2.24, 2.45) is 5.92 Å². The molecular formula is C18H23N3O3. The Balaban J connectivity index is 1.27. The number of hydrogen-bond donors (Lipinski definition) is 0. The zero-order valence-corrected chi connectivity index (χ0v) is 14.0. The zero-order valence-electron chi connectivity index (χ0n) is 14.0. The average molecular weight is 329 g/mol. The van der Waals surface area contributed by atoms with Crippen molar-refractivity contribution in [1.29, 1.82) is 0 Å². The molecule has 1 atom stereocenters. The van der Waals surface area contributed by atoms with Gasteiger partial charge in [-0.25, -0.2) is 0 Å². The first kappa shape index (κ1) is 15.4. The highest BCUT2D eigenvalue weighted by Crippen LogP contribution is 2.33. The molecule has 0 radical (unpaired) electrons. The van der Waals surface area contributed by atoms with Gasteiger partial charge in [0.05, 0.1) is 0 Å². The minimum absolute atomic E-state index is 0.337. The van der Waals surface area contributed by atoms with Crippen LogP contribution in [0.5, 0.6) is 11.5 Å². The van der Waals surface area contributed by atoms with Gasteiger partial charge in [-0.15, -0.1) is 0 Å². The van der Waals surface area contributed by atoms with Crippen molar-refractivity contribution < 1.29 is 14.0 Å². The highest BCUT2D eigenvalue weighted by atomic mass is 16.7. The van der Waals surface area contributed by atoms with Crippen molar-refractivity contribution >= 4 is 0 Å². The molecule has 24 heavy (non-hydrogen) atoms. The van der Waals surface area contributed by atoms with Gasteiger partial charge in [0, 0.05) is 12.5 Å². The lowest BCUT2D eigenvalue weighted by molar-refractivity contribution is 0.174. The van der Waals surface area contributed by atoms with E-state index in [0.29, 0.717) is 18.6 Å². The molecule has 2 aliphatic rings. The van der Waals surface area contributed by atoms with Gasteiger partial charge >= 0.3 is 0 Å². The number of ether oxygens (including phenoxy) is 2. The summed E-state index contributed by atoms with van der Waals surface area (Å²) in [5, 5.41) is 3.98. The fraction of sp³-hybridized carbons (Fsp3) is 0.556. The number of benzene rings is 1. The van der Waals surface area contributed by atoms with Crippen molar-refractivity contribution in [3.05, 3.63) is 36.0 Å². The van der Waals surface area contributed by atoms with Crippen molar-refractivity contribution in [3.8, 4) is 11.5 Å². The predicted molar refractivity (Wildman–Crippen MR) is 88.1 cm³/mol. The molecule has 4 rings (SSSR count). The van der Waals surface area contributed by atoms with E-state index in [1.807, 2.05) is 6.07 Å². The van der Waals surface area contributed by atoms with Crippen LogP contribution >= 0.6 is 0 Å². The van der Waals surface area contributed by atoms with Gasteiger partial charge < -0.3 is 18.9 Å². The van der Waals surface area contributed by atoms with E-state index in [2.05, 4.69) is 34.1 Å². The van der Waals surface area contributed by atoms with Gasteiger partial charge in [-0.1, -0.05) is 18.1 Å². The van der Waals surface area contributed by atoms with E-state index in [4.69, 9.17) is 14.0 Å². The molecular weight excluding hydrogens is 306 g/mol. The van der Waals surface area contributed by atoms with Crippen LogP contribution < -0.4 is 9.47 Å². The summed E-state index contributed by atoms with van der Waals surface area (Å²) in [6, 6.07) is 6.27. The Morgan fingerprint density at radius 1 is 1.21 bits per heavy atom. The van der Waals surface area contributed by atoms with Crippen LogP contribution in [0.15, 0.2) is 29.1 Å². The minimum atomic E-state index is 0.337. The molecule has 1 saturated heterocycles. The van der Waals surface area contributed by atoms with Gasteiger partial charge in [-0.05, 0) is 56.0 Å². The summed E-state index contributed by atoms with van der Waals surface area (Å²) in [5.74, 6) is 3.65. The maximum Gasteiger partial charge on any atom is 0.231 e. The fourth-order valence-electron chi connectivity index (χ4n) is 3.71. The largest absolute Gasteiger partial charge is 0.454 e. The molecule has 6 heteroatoms. The van der Waals surface area contributed by atoms with Gasteiger partial charge in [0.25, 0.3) is 0 Å². The molecule has 1 aromatic heterocycles. The van der Waals surface area contributed by atoms with E-state index < -0.39 is 0 Å². The Hall–Kier alpha value is -2.08. The summed E-state index contributed by atoms with van der Waals surface area (Å²) < 4.78 is 15.7. The maximum atomic E-state index is 5.47. The Morgan fingerprint density at radius 2 is 2.04 bits per heavy atom. The topological polar surface area (TPSA) is 60.6 Å². The van der Waals surface area contributed by atoms with Gasteiger partial charge in [0.2, 0.25) is 13.2 Å². The van der Waals surface area contributed by atoms with Crippen molar-refractivity contribution in [2.75, 3.05) is 26.4 Å². The second-order valence-corrected chi connectivity index (χ2v) is 6.86. The normalized spacial score (nSPS) is 19.5. The zero-order chi connectivity index (χ0) is 16.4. The van der Waals surface area contributed by atoms with Gasteiger partial charge in [0.1, 0.15) is 0 Å². The third-order valence-corrected chi connectivity index (χ3v) is 4.92. The molecule has 2 aliphatic heterocycles. The molecule has 0 saturated carbocycles. The average Bonchev–Trinajstić information content (AvgIpc) is 3.26. The molecule has 0 aliphatic carbocycles. The Labute approximate surface area is 141 Å². The van der Waals surface area contributed by atoms with Crippen LogP contribution in [-0.2, 0) is 6.42 Å². The quantitative estimate of drug-likeness (QED) is 0.840. The van der Waals surface area contributed by atoms with E-state index in [1.165, 1.54) is 12.0 Å². The lowest BCUT2D eigenvalue weighted by Crippen LogP contribution is -2.36. The van der Waals surface area contributed by atoms with E-state index in [9.17, 15) is 0 Å². The van der Waals surface area contributed by atoms with Crippen LogP contribution in [0.3, 0.4) is 0 Å². The third kappa shape index (κ3) is 3.38. The molecule has 0 bridgehead atoms. The number of piperidine rings is 1. The Bertz CT molecular complexity index is 666. The number of rotatable bonds is 5. The van der Waals surface area contributed by atoms with Gasteiger partial charge in [-0.3, -0.25) is 0 Å². The first-order chi connectivity index (χ1) is 11.8. The van der Waals surface area contributed by atoms with Gasteiger partial charge in [0.15, 0.2) is 17.3 Å². The molecule has 0 N–H and O–H groups in total. The van der Waals surface area contributed by atoms with Crippen LogP contribution in [0.2, 0.25) is 0 Å². The smallest absolute Gasteiger partial charge is 0.231 e. The molecule has 3 heterocycles. The first-order valence-corrected chi connectivity index (χ1v) is 8.65. The monoisotopic (exact) mass is 329 g/mol. The minimum Gasteiger partial charge on any atom is -0.454 e. The first-order valence-electron chi connectivity index (χ1n) is 8.65.